The van der Waals surface area contributed by atoms with Gasteiger partial charge >= 0.3 is 0 Å². The Balaban J connectivity index is 1.47. The predicted octanol–water partition coefficient (Wildman–Crippen LogP) is 6.47. The van der Waals surface area contributed by atoms with Crippen LogP contribution in [0.4, 0.5) is 0 Å². The molecule has 6 fully saturated rings. The minimum absolute atomic E-state index is 0.308. The first kappa shape index (κ1) is 13.7. The van der Waals surface area contributed by atoms with Crippen LogP contribution in [-0.4, -0.2) is 15.5 Å². The number of hydrogen-bond donors (Lipinski definition) is 0. The summed E-state index contributed by atoms with van der Waals surface area (Å²) >= 11 is 0. The molecule has 122 valence electrons. The van der Waals surface area contributed by atoms with E-state index in [1.807, 2.05) is 0 Å². The fourth-order valence-corrected chi connectivity index (χ4v) is 15.4. The van der Waals surface area contributed by atoms with E-state index in [1.54, 1.807) is 96.3 Å². The molecule has 6 aliphatic carbocycles. The van der Waals surface area contributed by atoms with Gasteiger partial charge in [0.25, 0.3) is 0 Å². The van der Waals surface area contributed by atoms with E-state index in [0.717, 1.165) is 33.2 Å². The summed E-state index contributed by atoms with van der Waals surface area (Å²) in [5, 5.41) is 2.70. The van der Waals surface area contributed by atoms with Crippen LogP contribution in [0.1, 0.15) is 96.3 Å². The number of hydrogen-bond acceptors (Lipinski definition) is 0. The second kappa shape index (κ2) is 4.33. The SMILES string of the molecule is C1CC2(P(C34CCC(CC3)C4)C34CCC(CC3)C4)CCC1C2. The lowest BCUT2D eigenvalue weighted by atomic mass is 9.98. The second-order valence-corrected chi connectivity index (χ2v) is 14.0. The molecule has 0 heterocycles. The summed E-state index contributed by atoms with van der Waals surface area (Å²) < 4.78 is 0. The summed E-state index contributed by atoms with van der Waals surface area (Å²) in [5.74, 6) is 3.49. The molecule has 0 amide bonds. The Bertz CT molecular complexity index is 399. The minimum atomic E-state index is 0.308. The van der Waals surface area contributed by atoms with Gasteiger partial charge in [-0.3, -0.25) is 0 Å². The maximum absolute atomic E-state index is 1.69. The van der Waals surface area contributed by atoms with E-state index in [1.165, 1.54) is 0 Å². The van der Waals surface area contributed by atoms with Crippen LogP contribution in [-0.2, 0) is 0 Å². The molecule has 0 aromatic carbocycles. The van der Waals surface area contributed by atoms with E-state index in [-0.39, 0.29) is 0 Å². The number of rotatable bonds is 3. The molecule has 0 saturated heterocycles. The van der Waals surface area contributed by atoms with Crippen molar-refractivity contribution in [3.05, 3.63) is 0 Å². The standard InChI is InChI=1S/C21H33P/c1-7-19(8-2-16(1)13-19)22(20-9-3-17(14-20)4-10-20)21-11-5-18(15-21)6-12-21/h16-18H,1-15H2. The highest BCUT2D eigenvalue weighted by Crippen LogP contribution is 2.85. The normalized spacial score (nSPS) is 59.7. The average molecular weight is 316 g/mol. The van der Waals surface area contributed by atoms with Gasteiger partial charge in [-0.05, 0) is 130 Å². The maximum Gasteiger partial charge on any atom is -0.00816 e. The third-order valence-electron chi connectivity index (χ3n) is 9.54. The molecular formula is C21H33P. The first-order valence-corrected chi connectivity index (χ1v) is 11.9. The first-order chi connectivity index (χ1) is 10.7. The third-order valence-corrected chi connectivity index (χ3v) is 14.3. The molecule has 22 heavy (non-hydrogen) atoms. The zero-order valence-corrected chi connectivity index (χ0v) is 15.2. The van der Waals surface area contributed by atoms with Gasteiger partial charge in [-0.1, -0.05) is 7.92 Å². The Morgan fingerprint density at radius 2 is 0.727 bits per heavy atom. The van der Waals surface area contributed by atoms with Gasteiger partial charge in [0.05, 0.1) is 0 Å². The summed E-state index contributed by atoms with van der Waals surface area (Å²) in [6.45, 7) is 0. The van der Waals surface area contributed by atoms with Gasteiger partial charge in [0, 0.05) is 0 Å². The molecule has 0 spiro atoms. The highest BCUT2D eigenvalue weighted by Gasteiger charge is 2.66. The maximum atomic E-state index is 1.69. The van der Waals surface area contributed by atoms with E-state index in [2.05, 4.69) is 0 Å². The molecule has 0 aromatic rings. The average Bonchev–Trinajstić information content (AvgIpc) is 3.35. The molecule has 0 aromatic heterocycles. The van der Waals surface area contributed by atoms with Crippen LogP contribution in [0.15, 0.2) is 0 Å². The van der Waals surface area contributed by atoms with E-state index >= 15 is 0 Å². The van der Waals surface area contributed by atoms with Crippen LogP contribution in [0.5, 0.6) is 0 Å². The Hall–Kier alpha value is 0.430. The molecule has 0 nitrogen and oxygen atoms in total. The lowest BCUT2D eigenvalue weighted by Gasteiger charge is -2.56. The summed E-state index contributed by atoms with van der Waals surface area (Å²) in [5.41, 5.74) is 0. The van der Waals surface area contributed by atoms with Gasteiger partial charge in [-0.15, -0.1) is 0 Å². The van der Waals surface area contributed by atoms with Gasteiger partial charge in [0.1, 0.15) is 0 Å². The van der Waals surface area contributed by atoms with Crippen molar-refractivity contribution < 1.29 is 0 Å². The predicted molar refractivity (Wildman–Crippen MR) is 94.8 cm³/mol. The van der Waals surface area contributed by atoms with Gasteiger partial charge in [0.15, 0.2) is 0 Å². The quantitative estimate of drug-likeness (QED) is 0.524. The molecule has 6 rings (SSSR count). The van der Waals surface area contributed by atoms with Crippen molar-refractivity contribution >= 4 is 7.92 Å². The van der Waals surface area contributed by atoms with E-state index in [4.69, 9.17) is 0 Å². The fraction of sp³-hybridized carbons (Fsp3) is 1.00. The highest BCUT2D eigenvalue weighted by atomic mass is 31.1. The Morgan fingerprint density at radius 3 is 0.909 bits per heavy atom. The summed E-state index contributed by atoms with van der Waals surface area (Å²) in [4.78, 5) is 0. The first-order valence-electron chi connectivity index (χ1n) is 10.5. The highest BCUT2D eigenvalue weighted by molar-refractivity contribution is 7.62. The molecule has 0 radical (unpaired) electrons. The van der Waals surface area contributed by atoms with Gasteiger partial charge in [-0.2, -0.15) is 0 Å². The van der Waals surface area contributed by atoms with Crippen LogP contribution in [0.2, 0.25) is 0 Å². The molecule has 0 aliphatic heterocycles. The monoisotopic (exact) mass is 316 g/mol. The van der Waals surface area contributed by atoms with Crippen molar-refractivity contribution in [2.75, 3.05) is 0 Å². The molecule has 1 heteroatoms. The zero-order valence-electron chi connectivity index (χ0n) is 14.3. The van der Waals surface area contributed by atoms with Crippen molar-refractivity contribution in [1.29, 1.82) is 0 Å². The molecule has 0 unspecified atom stereocenters. The van der Waals surface area contributed by atoms with Crippen molar-refractivity contribution in [3.63, 3.8) is 0 Å². The van der Waals surface area contributed by atoms with E-state index in [9.17, 15) is 0 Å². The number of fused-ring (bicyclic) bond motifs is 6. The molecule has 6 saturated carbocycles. The smallest absolute Gasteiger partial charge is 0.00816 e. The van der Waals surface area contributed by atoms with Crippen LogP contribution in [0.25, 0.3) is 0 Å². The minimum Gasteiger partial charge on any atom is -0.0876 e. The van der Waals surface area contributed by atoms with Crippen molar-refractivity contribution in [2.45, 2.75) is 112 Å². The Kier molecular flexibility index (Phi) is 2.70. The lowest BCUT2D eigenvalue weighted by Crippen LogP contribution is -2.42. The largest absolute Gasteiger partial charge is 0.0876 e. The molecule has 6 bridgehead atoms. The second-order valence-electron chi connectivity index (χ2n) is 10.5. The van der Waals surface area contributed by atoms with Crippen LogP contribution < -0.4 is 0 Å². The molecule has 6 aliphatic rings. The molecular weight excluding hydrogens is 283 g/mol. The lowest BCUT2D eigenvalue weighted by molar-refractivity contribution is 0.443. The van der Waals surface area contributed by atoms with E-state index < -0.39 is 0 Å². The Morgan fingerprint density at radius 1 is 0.455 bits per heavy atom. The van der Waals surface area contributed by atoms with Crippen LogP contribution in [0.3, 0.4) is 0 Å². The Labute approximate surface area is 138 Å². The van der Waals surface area contributed by atoms with Crippen molar-refractivity contribution in [1.82, 2.24) is 0 Å². The third kappa shape index (κ3) is 1.60. The van der Waals surface area contributed by atoms with Crippen LogP contribution >= 0.6 is 7.92 Å². The van der Waals surface area contributed by atoms with Crippen LogP contribution in [0, 0.1) is 17.8 Å². The molecule has 0 N–H and O–H groups in total. The van der Waals surface area contributed by atoms with Gasteiger partial charge in [0.2, 0.25) is 0 Å². The summed E-state index contributed by atoms with van der Waals surface area (Å²) in [7, 11) is 0.308. The van der Waals surface area contributed by atoms with E-state index in [0.29, 0.717) is 7.92 Å². The zero-order chi connectivity index (χ0) is 14.4. The molecule has 0 atom stereocenters. The van der Waals surface area contributed by atoms with Gasteiger partial charge in [-0.25, -0.2) is 0 Å². The van der Waals surface area contributed by atoms with Crippen molar-refractivity contribution in [3.8, 4) is 0 Å². The fourth-order valence-electron chi connectivity index (χ4n) is 8.94. The summed E-state index contributed by atoms with van der Waals surface area (Å²) in [6, 6.07) is 0. The van der Waals surface area contributed by atoms with Crippen molar-refractivity contribution in [2.24, 2.45) is 17.8 Å². The topological polar surface area (TPSA) is 0 Å². The van der Waals surface area contributed by atoms with Gasteiger partial charge < -0.3 is 0 Å². The summed E-state index contributed by atoms with van der Waals surface area (Å²) in [6.07, 6.45) is 24.8.